The molecule has 0 radical (unpaired) electrons. The first-order valence-corrected chi connectivity index (χ1v) is 8.37. The summed E-state index contributed by atoms with van der Waals surface area (Å²) in [5.41, 5.74) is 8.41. The molecule has 2 aromatic rings. The van der Waals surface area contributed by atoms with Gasteiger partial charge in [-0.25, -0.2) is 4.98 Å². The van der Waals surface area contributed by atoms with Crippen molar-refractivity contribution in [3.8, 4) is 10.6 Å². The van der Waals surface area contributed by atoms with Gasteiger partial charge in [0, 0.05) is 27.4 Å². The number of aromatic nitrogens is 1. The van der Waals surface area contributed by atoms with Crippen LogP contribution in [0, 0.1) is 0 Å². The quantitative estimate of drug-likeness (QED) is 0.873. The minimum absolute atomic E-state index is 0.401. The number of benzene rings is 1. The van der Waals surface area contributed by atoms with E-state index in [1.165, 1.54) is 24.1 Å². The lowest BCUT2D eigenvalue weighted by atomic mass is 9.85. The molecule has 2 nitrogen and oxygen atoms in total. The normalized spacial score (nSPS) is 23.5. The predicted molar refractivity (Wildman–Crippen MR) is 84.4 cm³/mol. The highest BCUT2D eigenvalue weighted by atomic mass is 79.9. The maximum Gasteiger partial charge on any atom is 0.124 e. The molecule has 0 bridgehead atoms. The van der Waals surface area contributed by atoms with Crippen LogP contribution in [-0.4, -0.2) is 11.0 Å². The van der Waals surface area contributed by atoms with E-state index in [4.69, 9.17) is 10.7 Å². The number of nitrogens with two attached hydrogens (primary N) is 1. The van der Waals surface area contributed by atoms with E-state index in [9.17, 15) is 0 Å². The molecule has 0 atom stereocenters. The van der Waals surface area contributed by atoms with Gasteiger partial charge in [-0.05, 0) is 31.7 Å². The van der Waals surface area contributed by atoms with Crippen LogP contribution in [0.4, 0.5) is 0 Å². The molecule has 4 heteroatoms. The molecule has 3 rings (SSSR count). The fourth-order valence-electron chi connectivity index (χ4n) is 2.65. The lowest BCUT2D eigenvalue weighted by molar-refractivity contribution is 0.391. The Labute approximate surface area is 126 Å². The van der Waals surface area contributed by atoms with Crippen LogP contribution in [0.3, 0.4) is 0 Å². The van der Waals surface area contributed by atoms with Gasteiger partial charge in [-0.2, -0.15) is 0 Å². The molecule has 0 amide bonds. The van der Waals surface area contributed by atoms with Crippen molar-refractivity contribution in [2.75, 3.05) is 0 Å². The Bertz CT molecular complexity index is 559. The summed E-state index contributed by atoms with van der Waals surface area (Å²) in [5, 5.41) is 3.33. The van der Waals surface area contributed by atoms with Crippen LogP contribution in [0.1, 0.15) is 37.3 Å². The van der Waals surface area contributed by atoms with E-state index in [2.05, 4.69) is 39.5 Å². The third-order valence-electron chi connectivity index (χ3n) is 3.82. The lowest BCUT2D eigenvalue weighted by Crippen LogP contribution is -2.25. The van der Waals surface area contributed by atoms with Crippen LogP contribution < -0.4 is 5.73 Å². The maximum absolute atomic E-state index is 5.97. The molecule has 1 aliphatic carbocycles. The number of hydrogen-bond donors (Lipinski definition) is 1. The average molecular weight is 337 g/mol. The minimum Gasteiger partial charge on any atom is -0.328 e. The number of nitrogens with zero attached hydrogens (tertiary/aromatic N) is 1. The zero-order valence-corrected chi connectivity index (χ0v) is 13.1. The largest absolute Gasteiger partial charge is 0.328 e. The topological polar surface area (TPSA) is 38.9 Å². The molecular weight excluding hydrogens is 320 g/mol. The van der Waals surface area contributed by atoms with E-state index in [1.54, 1.807) is 11.3 Å². The molecule has 1 heterocycles. The number of halogens is 1. The summed E-state index contributed by atoms with van der Waals surface area (Å²) in [5.74, 6) is 0.604. The molecule has 0 saturated heterocycles. The smallest absolute Gasteiger partial charge is 0.124 e. The molecule has 1 aromatic heterocycles. The van der Waals surface area contributed by atoms with Crippen molar-refractivity contribution in [3.05, 3.63) is 39.8 Å². The Morgan fingerprint density at radius 2 is 1.89 bits per heavy atom. The van der Waals surface area contributed by atoms with E-state index in [0.717, 1.165) is 22.3 Å². The Kier molecular flexibility index (Phi) is 4.01. The van der Waals surface area contributed by atoms with Gasteiger partial charge in [-0.3, -0.25) is 0 Å². The van der Waals surface area contributed by atoms with Gasteiger partial charge in [-0.15, -0.1) is 11.3 Å². The predicted octanol–water partition coefficient (Wildman–Crippen LogP) is 4.56. The molecule has 1 fully saturated rings. The molecule has 1 aliphatic rings. The molecule has 0 spiro atoms. The van der Waals surface area contributed by atoms with Gasteiger partial charge in [-0.1, -0.05) is 34.1 Å². The summed E-state index contributed by atoms with van der Waals surface area (Å²) in [7, 11) is 0. The van der Waals surface area contributed by atoms with Gasteiger partial charge in [0.1, 0.15) is 5.01 Å². The number of hydrogen-bond acceptors (Lipinski definition) is 3. The molecule has 0 aliphatic heterocycles. The minimum atomic E-state index is 0.401. The second-order valence-corrected chi connectivity index (χ2v) is 6.88. The monoisotopic (exact) mass is 336 g/mol. The Balaban J connectivity index is 1.82. The van der Waals surface area contributed by atoms with E-state index >= 15 is 0 Å². The number of thiazole rings is 1. The maximum atomic E-state index is 5.97. The molecule has 100 valence electrons. The highest BCUT2D eigenvalue weighted by Crippen LogP contribution is 2.36. The summed E-state index contributed by atoms with van der Waals surface area (Å²) in [6.45, 7) is 0. The van der Waals surface area contributed by atoms with Crippen LogP contribution in [0.15, 0.2) is 34.1 Å². The highest BCUT2D eigenvalue weighted by Gasteiger charge is 2.22. The van der Waals surface area contributed by atoms with Gasteiger partial charge < -0.3 is 5.73 Å². The van der Waals surface area contributed by atoms with Crippen LogP contribution in [0.5, 0.6) is 0 Å². The lowest BCUT2D eigenvalue weighted by Gasteiger charge is -2.24. The van der Waals surface area contributed by atoms with Crippen molar-refractivity contribution in [1.82, 2.24) is 4.98 Å². The zero-order valence-electron chi connectivity index (χ0n) is 10.7. The first-order chi connectivity index (χ1) is 9.24. The van der Waals surface area contributed by atoms with Gasteiger partial charge in [0.15, 0.2) is 0 Å². The third kappa shape index (κ3) is 2.91. The van der Waals surface area contributed by atoms with Crippen molar-refractivity contribution in [3.63, 3.8) is 0 Å². The third-order valence-corrected chi connectivity index (χ3v) is 5.40. The van der Waals surface area contributed by atoms with E-state index in [-0.39, 0.29) is 0 Å². The van der Waals surface area contributed by atoms with Gasteiger partial charge in [0.2, 0.25) is 0 Å². The van der Waals surface area contributed by atoms with Crippen LogP contribution >= 0.6 is 27.3 Å². The van der Waals surface area contributed by atoms with Crippen LogP contribution in [-0.2, 0) is 0 Å². The Hall–Kier alpha value is -0.710. The summed E-state index contributed by atoms with van der Waals surface area (Å²) in [4.78, 5) is 4.84. The van der Waals surface area contributed by atoms with Crippen molar-refractivity contribution in [1.29, 1.82) is 0 Å². The second kappa shape index (κ2) is 5.73. The van der Waals surface area contributed by atoms with Crippen molar-refractivity contribution < 1.29 is 0 Å². The first-order valence-electron chi connectivity index (χ1n) is 6.70. The summed E-state index contributed by atoms with van der Waals surface area (Å²) in [6.07, 6.45) is 4.62. The fraction of sp³-hybridized carbons (Fsp3) is 0.400. The fourth-order valence-corrected chi connectivity index (χ4v) is 4.19. The van der Waals surface area contributed by atoms with Crippen molar-refractivity contribution in [2.45, 2.75) is 37.6 Å². The van der Waals surface area contributed by atoms with Gasteiger partial charge >= 0.3 is 0 Å². The van der Waals surface area contributed by atoms with E-state index in [1.807, 2.05) is 6.07 Å². The van der Waals surface area contributed by atoms with Crippen LogP contribution in [0.2, 0.25) is 0 Å². The highest BCUT2D eigenvalue weighted by molar-refractivity contribution is 9.10. The molecule has 1 aromatic carbocycles. The van der Waals surface area contributed by atoms with Crippen molar-refractivity contribution in [2.24, 2.45) is 5.73 Å². The molecule has 19 heavy (non-hydrogen) atoms. The Morgan fingerprint density at radius 3 is 2.63 bits per heavy atom. The van der Waals surface area contributed by atoms with E-state index in [0.29, 0.717) is 12.0 Å². The first kappa shape index (κ1) is 13.3. The molecule has 1 saturated carbocycles. The van der Waals surface area contributed by atoms with Gasteiger partial charge in [0.25, 0.3) is 0 Å². The molecule has 0 unspecified atom stereocenters. The SMILES string of the molecule is NC1CCC(c2csc(-c3ccccc3Br)n2)CC1. The average Bonchev–Trinajstić information content (AvgIpc) is 2.89. The second-order valence-electron chi connectivity index (χ2n) is 5.17. The molecular formula is C15H17BrN2S. The summed E-state index contributed by atoms with van der Waals surface area (Å²) in [6, 6.07) is 8.67. The zero-order chi connectivity index (χ0) is 13.2. The standard InChI is InChI=1S/C15H17BrN2S/c16-13-4-2-1-3-12(13)15-18-14(9-19-15)10-5-7-11(17)8-6-10/h1-4,9-11H,5-8,17H2. The number of rotatable bonds is 2. The summed E-state index contributed by atoms with van der Waals surface area (Å²) >= 11 is 5.34. The van der Waals surface area contributed by atoms with Crippen LogP contribution in [0.25, 0.3) is 10.6 Å². The van der Waals surface area contributed by atoms with Crippen molar-refractivity contribution >= 4 is 27.3 Å². The van der Waals surface area contributed by atoms with Gasteiger partial charge in [0.05, 0.1) is 5.69 Å². The molecule has 2 N–H and O–H groups in total. The van der Waals surface area contributed by atoms with E-state index < -0.39 is 0 Å². The Morgan fingerprint density at radius 1 is 1.16 bits per heavy atom. The summed E-state index contributed by atoms with van der Waals surface area (Å²) < 4.78 is 1.11.